The van der Waals surface area contributed by atoms with E-state index in [4.69, 9.17) is 16.3 Å². The Bertz CT molecular complexity index is 6550. The summed E-state index contributed by atoms with van der Waals surface area (Å²) in [6, 6.07) is 62.6. The third kappa shape index (κ3) is 29.1. The smallest absolute Gasteiger partial charge is 0.217 e. The summed E-state index contributed by atoms with van der Waals surface area (Å²) < 4.78 is 21.9. The van der Waals surface area contributed by atoms with Gasteiger partial charge in [-0.1, -0.05) is 86.3 Å². The average Bonchev–Trinajstić information content (AvgIpc) is 1.66. The number of amides is 1. The summed E-state index contributed by atoms with van der Waals surface area (Å²) >= 11 is 0. The van der Waals surface area contributed by atoms with Crippen molar-refractivity contribution in [1.82, 2.24) is 97.1 Å². The van der Waals surface area contributed by atoms with Crippen LogP contribution < -0.4 is 16.4 Å². The molecular weight excluding hydrogens is 2080 g/mol. The van der Waals surface area contributed by atoms with E-state index in [0.717, 1.165) is 114 Å². The second-order valence-corrected chi connectivity index (χ2v) is 31.6. The third-order valence-corrected chi connectivity index (χ3v) is 21.7. The predicted molar refractivity (Wildman–Crippen MR) is 520 cm³/mol. The van der Waals surface area contributed by atoms with Crippen LogP contribution in [0.2, 0.25) is 0 Å². The number of Topliss-reactive ketones (excluding diaryl/α,β-unsaturated/α-hetero) is 1. The van der Waals surface area contributed by atoms with Gasteiger partial charge in [-0.15, -0.1) is 24.8 Å². The van der Waals surface area contributed by atoms with Crippen molar-refractivity contribution in [2.45, 2.75) is 145 Å². The molecule has 0 aliphatic rings. The fourth-order valence-electron chi connectivity index (χ4n) is 14.4. The molecule has 0 saturated heterocycles. The molecule has 17 rings (SSSR count). The zero-order valence-electron chi connectivity index (χ0n) is 79.5. The maximum atomic E-state index is 11.1. The Morgan fingerprint density at radius 3 is 0.992 bits per heavy atom. The summed E-state index contributed by atoms with van der Waals surface area (Å²) in [6.07, 6.45) is 24.2. The Hall–Kier alpha value is -12.8. The van der Waals surface area contributed by atoms with E-state index in [9.17, 15) is 9.59 Å². The van der Waals surface area contributed by atoms with Crippen LogP contribution in [0.15, 0.2) is 232 Å². The van der Waals surface area contributed by atoms with Crippen molar-refractivity contribution >= 4 is 11.7 Å². The standard InChI is InChI=1S/C19H22N4O.C18H22N4.C17H20N4.C17H16N4.C10H12N3.C8H7N.C7H12N2.C4H4N.C3H6O.CH4.2U/c1-13-14(2)21-22(4)19(13)23-9-8-18(12-23)17-7-5-6-16(10-17)11-20-15(3)24;1-13-14(2)20-21(4)18(13)22-9-8-17(12-22)16-7-5-6-15(10-16)11-19-3;2*1-12-13(2)19-20(3)17(12)21-8-7-16(11-21)15-6-4-5-14(9-15)10-18;1-8-9(2)11-12(3)10(8)13-6-4-5-7-13;1-7-3-2-4-8(5-7)6-9;1-5-6(2)8-9(4)7(5)3;1-2-4-5-3-1;1-3(2)4;;;/h5-10,12H,11H2,1-4H3,(H,20,24);5-10,12,19H,11H2,1-4H3;4-9,11H,10,18H2,1-3H3;4-9,11H,1-3H3;4,6-7H,1-3H3;2-5H,1H3;1-4H3;1,3-5H;1-2H3;1H4;;/q;;;;-1;;;-1;;;;. The van der Waals surface area contributed by atoms with Crippen LogP contribution in [0.1, 0.15) is 135 Å². The first-order chi connectivity index (χ1) is 61.1. The van der Waals surface area contributed by atoms with Gasteiger partial charge in [0.1, 0.15) is 34.9 Å². The monoisotopic (exact) mass is 2200 g/mol. The van der Waals surface area contributed by atoms with Crippen LogP contribution in [0.4, 0.5) is 0 Å². The van der Waals surface area contributed by atoms with Crippen molar-refractivity contribution in [3.05, 3.63) is 351 Å². The number of hydrogen-bond donors (Lipinski definition) is 4. The number of carbonyl (C=O) groups excluding carboxylic acids is 2. The summed E-state index contributed by atoms with van der Waals surface area (Å²) in [7, 11) is 13.8. The van der Waals surface area contributed by atoms with Crippen LogP contribution in [-0.2, 0) is 71.5 Å². The Labute approximate surface area is 820 Å². The number of aromatic nitrogens is 18. The third-order valence-electron chi connectivity index (χ3n) is 21.7. The number of benzene rings is 5. The predicted octanol–water partition coefficient (Wildman–Crippen LogP) is 19.6. The Morgan fingerprint density at radius 1 is 0.397 bits per heavy atom. The van der Waals surface area contributed by atoms with E-state index in [2.05, 4.69) is 259 Å². The molecule has 12 heterocycles. The normalized spacial score (nSPS) is 10.2. The number of nitriles is 2. The number of nitrogens with two attached hydrogens (primary N) is 1. The quantitative estimate of drug-likeness (QED) is 0.0740. The molecular formula is C104H125N23O2U2-2. The van der Waals surface area contributed by atoms with E-state index in [1.54, 1.807) is 12.3 Å². The number of hydrogen-bond acceptors (Lipinski definition) is 12. The van der Waals surface area contributed by atoms with Gasteiger partial charge in [-0.25, -0.2) is 24.3 Å². The first kappa shape index (κ1) is 107. The van der Waals surface area contributed by atoms with Crippen LogP contribution >= 0.6 is 0 Å². The number of ketones is 1. The van der Waals surface area contributed by atoms with Crippen molar-refractivity contribution < 1.29 is 71.8 Å². The van der Waals surface area contributed by atoms with Gasteiger partial charge in [-0.05, 0) is 257 Å². The molecule has 5 aromatic carbocycles. The molecule has 25 nitrogen and oxygen atoms in total. The number of aromatic amines is 1. The van der Waals surface area contributed by atoms with Gasteiger partial charge in [0.15, 0.2) is 0 Å². The van der Waals surface area contributed by atoms with Gasteiger partial charge in [0.25, 0.3) is 0 Å². The summed E-state index contributed by atoms with van der Waals surface area (Å²) in [5.41, 5.74) is 36.0. The second-order valence-electron chi connectivity index (χ2n) is 31.6. The van der Waals surface area contributed by atoms with Crippen molar-refractivity contribution in [1.29, 1.82) is 10.5 Å². The van der Waals surface area contributed by atoms with Crippen molar-refractivity contribution in [3.63, 3.8) is 0 Å². The summed E-state index contributed by atoms with van der Waals surface area (Å²) in [6.45, 7) is 35.4. The fraction of sp³-hybridized carbons (Fsp3) is 0.269. The second kappa shape index (κ2) is 51.0. The molecule has 12 aromatic heterocycles. The number of H-pyrrole nitrogens is 1. The minimum atomic E-state index is -0.0198. The van der Waals surface area contributed by atoms with E-state index >= 15 is 0 Å². The van der Waals surface area contributed by atoms with Gasteiger partial charge >= 0.3 is 0 Å². The Balaban J connectivity index is 0.000000235. The molecule has 0 fully saturated rings. The fourth-order valence-corrected chi connectivity index (χ4v) is 14.4. The van der Waals surface area contributed by atoms with E-state index in [1.807, 2.05) is 228 Å². The van der Waals surface area contributed by atoms with E-state index in [-0.39, 0.29) is 81.3 Å². The number of rotatable bonds is 14. The average molecular weight is 2210 g/mol. The zero-order chi connectivity index (χ0) is 93.2. The molecule has 131 heavy (non-hydrogen) atoms. The zero-order valence-corrected chi connectivity index (χ0v) is 87.8. The molecule has 5 N–H and O–H groups in total. The van der Waals surface area contributed by atoms with Gasteiger partial charge in [0.2, 0.25) is 5.91 Å². The van der Waals surface area contributed by atoms with Crippen LogP contribution in [0.5, 0.6) is 0 Å². The van der Waals surface area contributed by atoms with Gasteiger partial charge in [-0.2, -0.15) is 41.1 Å². The first-order valence-electron chi connectivity index (χ1n) is 42.2. The molecule has 0 aliphatic heterocycles. The Kier molecular flexibility index (Phi) is 41.6. The van der Waals surface area contributed by atoms with E-state index in [0.29, 0.717) is 18.7 Å². The van der Waals surface area contributed by atoms with E-state index < -0.39 is 0 Å². The largest absolute Gasteiger partial charge is 0.461 e. The minimum absolute atomic E-state index is 0. The maximum absolute atomic E-state index is 11.1. The Morgan fingerprint density at radius 2 is 0.725 bits per heavy atom. The molecule has 0 atom stereocenters. The molecule has 0 aliphatic carbocycles. The van der Waals surface area contributed by atoms with Gasteiger partial charge in [0, 0.05) is 214 Å². The SMILES string of the molecule is C.CC(=O)NCc1cccc(-c2ccn(-c3c(C)c(C)nn3C)c2)c1.CC(C)=O.CNCc1cccc(-c2ccn(-c3c(C)c(C)nn3C)c2)c1.Cc1cccc(C#N)c1.Cc1nn(C)c(-n2c[c-]cc2)c1C.Cc1nn(C)c(-n2ccc(-c3cccc(C#N)c3)c2)c1C.Cc1nn(C)c(-n2ccc(-c3cccc(CN)c3)c2)c1C.Cc1nn(C)c(C)c1C.[U].[U].[c-]1cc[nH]c1. The maximum Gasteiger partial charge on any atom is 0.217 e. The number of nitrogens with zero attached hydrogens (tertiary/aromatic N) is 19. The molecule has 0 bridgehead atoms. The molecule has 0 radical (unpaired) electrons. The minimum Gasteiger partial charge on any atom is -0.461 e. The summed E-state index contributed by atoms with van der Waals surface area (Å²) in [5, 5.41) is 49.9. The van der Waals surface area contributed by atoms with Crippen LogP contribution in [0.25, 0.3) is 73.6 Å². The first-order valence-corrected chi connectivity index (χ1v) is 42.2. The molecule has 0 spiro atoms. The van der Waals surface area contributed by atoms with Gasteiger partial charge in [-0.3, -0.25) is 32.9 Å². The number of aryl methyl sites for hydroxylation is 13. The molecule has 0 unspecified atom stereocenters. The molecule has 0 saturated carbocycles. The van der Waals surface area contributed by atoms with Crippen molar-refractivity contribution in [2.24, 2.45) is 48.0 Å². The molecule has 17 aromatic rings. The molecule has 27 heteroatoms. The summed E-state index contributed by atoms with van der Waals surface area (Å²) in [5.74, 6) is 5.62. The van der Waals surface area contributed by atoms with Gasteiger partial charge < -0.3 is 49.0 Å². The van der Waals surface area contributed by atoms with Crippen LogP contribution in [-0.4, -0.2) is 105 Å². The molecule has 678 valence electrons. The van der Waals surface area contributed by atoms with Crippen LogP contribution in [0, 0.1) is 194 Å². The summed E-state index contributed by atoms with van der Waals surface area (Å²) in [4.78, 5) is 23.3. The molecule has 1 amide bonds. The van der Waals surface area contributed by atoms with Crippen molar-refractivity contribution in [3.8, 4) is 85.7 Å². The van der Waals surface area contributed by atoms with Crippen molar-refractivity contribution in [2.75, 3.05) is 7.05 Å². The number of carbonyl (C=O) groups is 2. The number of nitrogens with one attached hydrogen (secondary N) is 3. The van der Waals surface area contributed by atoms with E-state index in [1.165, 1.54) is 87.7 Å². The topological polar surface area (TPSA) is 279 Å². The van der Waals surface area contributed by atoms with Crippen LogP contribution in [0.3, 0.4) is 0 Å². The van der Waals surface area contributed by atoms with Gasteiger partial charge in [0.05, 0.1) is 57.4 Å².